The highest BCUT2D eigenvalue weighted by molar-refractivity contribution is 7.91. The quantitative estimate of drug-likeness (QED) is 0.145. The number of hydrogen-bond acceptors (Lipinski definition) is 5. The first-order chi connectivity index (χ1) is 20.2. The number of phenols is 1. The Balaban J connectivity index is 2.01. The Morgan fingerprint density at radius 1 is 0.884 bits per heavy atom. The molecule has 0 aromatic heterocycles. The average molecular weight is 626 g/mol. The Labute approximate surface area is 249 Å². The molecule has 0 aliphatic carbocycles. The topological polar surface area (TPSA) is 66.8 Å². The number of rotatable bonds is 14. The van der Waals surface area contributed by atoms with Gasteiger partial charge in [-0.3, -0.25) is 0 Å². The molecule has 0 bridgehead atoms. The molecule has 0 radical (unpaired) electrons. The van der Waals surface area contributed by atoms with E-state index in [4.69, 9.17) is 4.74 Å². The van der Waals surface area contributed by atoms with Crippen molar-refractivity contribution in [2.45, 2.75) is 45.2 Å². The lowest BCUT2D eigenvalue weighted by Crippen LogP contribution is -2.36. The highest BCUT2D eigenvalue weighted by atomic mass is 32.2. The van der Waals surface area contributed by atoms with Gasteiger partial charge in [-0.25, -0.2) is 8.42 Å². The van der Waals surface area contributed by atoms with E-state index >= 15 is 0 Å². The fraction of sp³-hybridized carbons (Fsp3) is 0.375. The van der Waals surface area contributed by atoms with Gasteiger partial charge < -0.3 is 14.7 Å². The summed E-state index contributed by atoms with van der Waals surface area (Å²) in [6.45, 7) is 4.20. The Bertz CT molecular complexity index is 1490. The second-order valence-corrected chi connectivity index (χ2v) is 12.4. The van der Waals surface area contributed by atoms with Gasteiger partial charge in [0.15, 0.2) is 9.84 Å². The summed E-state index contributed by atoms with van der Waals surface area (Å²) < 4.78 is 95.1. The van der Waals surface area contributed by atoms with Crippen LogP contribution in [0, 0.1) is 0 Å². The summed E-state index contributed by atoms with van der Waals surface area (Å²) in [5, 5.41) is 9.96. The van der Waals surface area contributed by atoms with E-state index in [-0.39, 0.29) is 12.3 Å². The van der Waals surface area contributed by atoms with E-state index in [1.54, 1.807) is 42.3 Å². The maximum absolute atomic E-state index is 13.3. The molecule has 0 saturated carbocycles. The fourth-order valence-corrected chi connectivity index (χ4v) is 6.07. The largest absolute Gasteiger partial charge is 0.508 e. The summed E-state index contributed by atoms with van der Waals surface area (Å²) in [7, 11) is -2.26. The summed E-state index contributed by atoms with van der Waals surface area (Å²) in [4.78, 5) is 1.71. The van der Waals surface area contributed by atoms with Crippen LogP contribution in [-0.4, -0.2) is 57.3 Å². The molecule has 0 fully saturated rings. The van der Waals surface area contributed by atoms with Crippen LogP contribution in [0.25, 0.3) is 11.1 Å². The lowest BCUT2D eigenvalue weighted by Gasteiger charge is -2.26. The number of anilines is 1. The van der Waals surface area contributed by atoms with Crippen molar-refractivity contribution in [3.8, 4) is 11.5 Å². The number of aromatic hydroxyl groups is 1. The molecule has 3 aromatic rings. The number of phenolic OH excluding ortho intramolecular Hbond substituents is 1. The Morgan fingerprint density at radius 3 is 2.12 bits per heavy atom. The van der Waals surface area contributed by atoms with Gasteiger partial charge in [-0.15, -0.1) is 0 Å². The van der Waals surface area contributed by atoms with Crippen LogP contribution in [0.1, 0.15) is 49.8 Å². The third kappa shape index (κ3) is 8.95. The number of halogens is 5. The number of allylic oxidation sites excluding steroid dienone is 1. The van der Waals surface area contributed by atoms with Crippen LogP contribution in [0.4, 0.5) is 27.6 Å². The first-order valence-corrected chi connectivity index (χ1v) is 15.7. The Morgan fingerprint density at radius 2 is 1.53 bits per heavy atom. The molecule has 0 atom stereocenters. The predicted octanol–water partition coefficient (Wildman–Crippen LogP) is 7.99. The molecule has 5 nitrogen and oxygen atoms in total. The summed E-state index contributed by atoms with van der Waals surface area (Å²) in [5.41, 5.74) is 5.05. The molecule has 0 spiro atoms. The smallest absolute Gasteiger partial charge is 0.453 e. The molecule has 0 aliphatic heterocycles. The molecule has 3 rings (SSSR count). The van der Waals surface area contributed by atoms with Crippen LogP contribution in [0.3, 0.4) is 0 Å². The van der Waals surface area contributed by atoms with Crippen LogP contribution in [-0.2, 0) is 9.84 Å². The van der Waals surface area contributed by atoms with Crippen LogP contribution in [0.5, 0.6) is 11.5 Å². The van der Waals surface area contributed by atoms with E-state index in [0.717, 1.165) is 27.8 Å². The van der Waals surface area contributed by atoms with Gasteiger partial charge in [-0.2, -0.15) is 22.0 Å². The minimum atomic E-state index is -5.72. The van der Waals surface area contributed by atoms with E-state index in [2.05, 4.69) is 0 Å². The van der Waals surface area contributed by atoms with Gasteiger partial charge in [0.05, 0.1) is 18.1 Å². The number of hydrogen-bond donors (Lipinski definition) is 1. The molecule has 1 N–H and O–H groups in total. The summed E-state index contributed by atoms with van der Waals surface area (Å²) in [6, 6.07) is 22.0. The van der Waals surface area contributed by atoms with Crippen molar-refractivity contribution in [2.24, 2.45) is 0 Å². The lowest BCUT2D eigenvalue weighted by atomic mass is 9.87. The first kappa shape index (κ1) is 33.9. The Kier molecular flexibility index (Phi) is 11.2. The fourth-order valence-electron chi connectivity index (χ4n) is 4.73. The van der Waals surface area contributed by atoms with Crippen LogP contribution >= 0.6 is 0 Å². The lowest BCUT2D eigenvalue weighted by molar-refractivity contribution is -0.284. The number of benzene rings is 3. The van der Waals surface area contributed by atoms with Gasteiger partial charge in [0.2, 0.25) is 0 Å². The summed E-state index contributed by atoms with van der Waals surface area (Å²) >= 11 is 0. The van der Waals surface area contributed by atoms with E-state index in [1.807, 2.05) is 56.3 Å². The standard InChI is InChI=1S/C32H36F5NO4S/c1-4-27(23-10-7-6-8-11-23)30(24-12-14-25(39)15-13-24)28-17-16-26(42-5-2)22-29(28)38(3)19-21-43(40,41)20-9-18-31(33,34)32(35,36)37/h6-8,10-17,22,39H,4-5,9,18-21H2,1-3H3. The molecule has 43 heavy (non-hydrogen) atoms. The van der Waals surface area contributed by atoms with Gasteiger partial charge in [0.1, 0.15) is 11.5 Å². The highest BCUT2D eigenvalue weighted by Gasteiger charge is 2.56. The van der Waals surface area contributed by atoms with Crippen molar-refractivity contribution in [3.05, 3.63) is 89.5 Å². The van der Waals surface area contributed by atoms with Gasteiger partial charge in [-0.05, 0) is 66.3 Å². The van der Waals surface area contributed by atoms with Gasteiger partial charge in [0.25, 0.3) is 0 Å². The average Bonchev–Trinajstić information content (AvgIpc) is 2.95. The molecule has 234 valence electrons. The molecular weight excluding hydrogens is 589 g/mol. The van der Waals surface area contributed by atoms with Crippen LogP contribution in [0.15, 0.2) is 72.8 Å². The Hall–Kier alpha value is -3.60. The zero-order chi connectivity index (χ0) is 31.8. The molecular formula is C32H36F5NO4S. The van der Waals surface area contributed by atoms with Gasteiger partial charge >= 0.3 is 12.1 Å². The molecule has 0 aliphatic rings. The number of ether oxygens (including phenoxy) is 1. The minimum absolute atomic E-state index is 0.0454. The van der Waals surface area contributed by atoms with E-state index in [9.17, 15) is 35.5 Å². The first-order valence-electron chi connectivity index (χ1n) is 13.9. The van der Waals surface area contributed by atoms with Crippen molar-refractivity contribution >= 4 is 26.7 Å². The number of sulfone groups is 1. The van der Waals surface area contributed by atoms with Crippen molar-refractivity contribution in [2.75, 3.05) is 36.6 Å². The predicted molar refractivity (Wildman–Crippen MR) is 161 cm³/mol. The summed E-state index contributed by atoms with van der Waals surface area (Å²) in [5.74, 6) is -5.53. The normalized spacial score (nSPS) is 13.0. The van der Waals surface area contributed by atoms with Crippen molar-refractivity contribution in [1.82, 2.24) is 0 Å². The second-order valence-electron chi connectivity index (χ2n) is 10.1. The van der Waals surface area contributed by atoms with E-state index in [1.165, 1.54) is 0 Å². The third-order valence-electron chi connectivity index (χ3n) is 6.99. The second kappa shape index (κ2) is 14.2. The van der Waals surface area contributed by atoms with Crippen LogP contribution in [0.2, 0.25) is 0 Å². The number of nitrogens with zero attached hydrogens (tertiary/aromatic N) is 1. The van der Waals surface area contributed by atoms with Crippen LogP contribution < -0.4 is 9.64 Å². The van der Waals surface area contributed by atoms with Gasteiger partial charge in [0, 0.05) is 37.3 Å². The summed E-state index contributed by atoms with van der Waals surface area (Å²) in [6.07, 6.45) is -7.48. The number of alkyl halides is 5. The van der Waals surface area contributed by atoms with E-state index < -0.39 is 46.3 Å². The van der Waals surface area contributed by atoms with E-state index in [0.29, 0.717) is 24.5 Å². The minimum Gasteiger partial charge on any atom is -0.508 e. The van der Waals surface area contributed by atoms with Crippen molar-refractivity contribution < 1.29 is 40.2 Å². The van der Waals surface area contributed by atoms with Crippen molar-refractivity contribution in [3.63, 3.8) is 0 Å². The molecule has 11 heteroatoms. The highest BCUT2D eigenvalue weighted by Crippen LogP contribution is 2.41. The molecule has 0 unspecified atom stereocenters. The van der Waals surface area contributed by atoms with Crippen molar-refractivity contribution in [1.29, 1.82) is 0 Å². The zero-order valence-corrected chi connectivity index (χ0v) is 25.1. The molecule has 0 saturated heterocycles. The third-order valence-corrected chi connectivity index (χ3v) is 8.71. The maximum Gasteiger partial charge on any atom is 0.453 e. The zero-order valence-electron chi connectivity index (χ0n) is 24.3. The SMILES string of the molecule is CCOc1ccc(C(=C(CC)c2ccccc2)c2ccc(O)cc2)c(N(C)CCS(=O)(=O)CCCC(F)(F)C(F)(F)F)c1. The van der Waals surface area contributed by atoms with Gasteiger partial charge in [-0.1, -0.05) is 49.4 Å². The molecule has 0 heterocycles. The molecule has 3 aromatic carbocycles. The monoisotopic (exact) mass is 625 g/mol. The molecule has 0 amide bonds. The maximum atomic E-state index is 13.3.